The van der Waals surface area contributed by atoms with E-state index in [1.165, 1.54) is 0 Å². The van der Waals surface area contributed by atoms with Crippen LogP contribution in [0.5, 0.6) is 11.5 Å². The lowest BCUT2D eigenvalue weighted by molar-refractivity contribution is 0.310. The molecule has 0 unspecified atom stereocenters. The van der Waals surface area contributed by atoms with Gasteiger partial charge in [-0.1, -0.05) is 25.1 Å². The molecule has 0 aliphatic heterocycles. The van der Waals surface area contributed by atoms with Crippen molar-refractivity contribution in [2.24, 2.45) is 4.99 Å². The summed E-state index contributed by atoms with van der Waals surface area (Å²) in [5.41, 5.74) is 3.17. The molecule has 1 heterocycles. The molecule has 28 heavy (non-hydrogen) atoms. The standard InChI is InChI=1S/C21H32N4O3/c1-6-17-16(18(7-2)28-25-17)14-24-21(22-8-3)23-13-15-10-11-19(27-9-4)20(12-15)26-5/h10-12H,6-9,13-14H2,1-5H3,(H2,22,23,24). The number of guanidine groups is 1. The number of aryl methyl sites for hydroxylation is 2. The SMILES string of the molecule is CCNC(=NCc1ccc(OCC)c(OC)c1)NCc1c(CC)noc1CC. The Labute approximate surface area is 167 Å². The lowest BCUT2D eigenvalue weighted by atomic mass is 10.1. The first-order valence-corrected chi connectivity index (χ1v) is 9.94. The van der Waals surface area contributed by atoms with E-state index < -0.39 is 0 Å². The van der Waals surface area contributed by atoms with Gasteiger partial charge < -0.3 is 24.6 Å². The van der Waals surface area contributed by atoms with Crippen LogP contribution in [0.15, 0.2) is 27.7 Å². The Bertz CT molecular complexity index is 750. The maximum Gasteiger partial charge on any atom is 0.191 e. The van der Waals surface area contributed by atoms with Crippen LogP contribution in [0.3, 0.4) is 0 Å². The van der Waals surface area contributed by atoms with Crippen molar-refractivity contribution >= 4 is 5.96 Å². The lowest BCUT2D eigenvalue weighted by Crippen LogP contribution is -2.37. The summed E-state index contributed by atoms with van der Waals surface area (Å²) >= 11 is 0. The summed E-state index contributed by atoms with van der Waals surface area (Å²) in [4.78, 5) is 4.69. The van der Waals surface area contributed by atoms with Gasteiger partial charge in [0, 0.05) is 25.1 Å². The fraction of sp³-hybridized carbons (Fsp3) is 0.524. The number of methoxy groups -OCH3 is 1. The highest BCUT2D eigenvalue weighted by molar-refractivity contribution is 5.79. The Hall–Kier alpha value is -2.70. The molecule has 0 spiro atoms. The molecule has 1 aromatic carbocycles. The van der Waals surface area contributed by atoms with Crippen LogP contribution < -0.4 is 20.1 Å². The lowest BCUT2D eigenvalue weighted by Gasteiger charge is -2.13. The smallest absolute Gasteiger partial charge is 0.191 e. The molecule has 0 saturated carbocycles. The van der Waals surface area contributed by atoms with Crippen molar-refractivity contribution in [3.8, 4) is 11.5 Å². The third-order valence-electron chi connectivity index (χ3n) is 4.33. The minimum absolute atomic E-state index is 0.531. The second kappa shape index (κ2) is 11.2. The third kappa shape index (κ3) is 5.65. The number of benzene rings is 1. The molecule has 154 valence electrons. The molecule has 0 fully saturated rings. The fourth-order valence-corrected chi connectivity index (χ4v) is 2.91. The zero-order chi connectivity index (χ0) is 20.4. The number of aliphatic imine (C=N–C) groups is 1. The highest BCUT2D eigenvalue weighted by Gasteiger charge is 2.13. The van der Waals surface area contributed by atoms with Gasteiger partial charge in [0.2, 0.25) is 0 Å². The topological polar surface area (TPSA) is 80.9 Å². The van der Waals surface area contributed by atoms with Gasteiger partial charge >= 0.3 is 0 Å². The van der Waals surface area contributed by atoms with E-state index in [0.29, 0.717) is 19.7 Å². The van der Waals surface area contributed by atoms with E-state index in [1.807, 2.05) is 32.0 Å². The molecule has 2 aromatic rings. The van der Waals surface area contributed by atoms with Gasteiger partial charge in [0.15, 0.2) is 17.5 Å². The molecule has 0 atom stereocenters. The number of nitrogens with zero attached hydrogens (tertiary/aromatic N) is 2. The van der Waals surface area contributed by atoms with Crippen molar-refractivity contribution in [3.63, 3.8) is 0 Å². The van der Waals surface area contributed by atoms with Crippen molar-refractivity contribution in [2.75, 3.05) is 20.3 Å². The molecule has 0 radical (unpaired) electrons. The fourth-order valence-electron chi connectivity index (χ4n) is 2.91. The average Bonchev–Trinajstić information content (AvgIpc) is 3.13. The summed E-state index contributed by atoms with van der Waals surface area (Å²) < 4.78 is 16.4. The molecule has 0 aliphatic rings. The molecule has 0 bridgehead atoms. The Morgan fingerprint density at radius 1 is 1.11 bits per heavy atom. The molecule has 2 N–H and O–H groups in total. The van der Waals surface area contributed by atoms with Gasteiger partial charge in [-0.15, -0.1) is 0 Å². The van der Waals surface area contributed by atoms with Crippen LogP contribution in [-0.2, 0) is 25.9 Å². The summed E-state index contributed by atoms with van der Waals surface area (Å²) in [6, 6.07) is 5.89. The third-order valence-corrected chi connectivity index (χ3v) is 4.33. The minimum atomic E-state index is 0.531. The van der Waals surface area contributed by atoms with Gasteiger partial charge in [-0.2, -0.15) is 0 Å². The van der Waals surface area contributed by atoms with Crippen LogP contribution in [0.1, 0.15) is 50.3 Å². The highest BCUT2D eigenvalue weighted by atomic mass is 16.5. The second-order valence-corrected chi connectivity index (χ2v) is 6.21. The zero-order valence-electron chi connectivity index (χ0n) is 17.6. The number of aromatic nitrogens is 1. The monoisotopic (exact) mass is 388 g/mol. The van der Waals surface area contributed by atoms with Crippen molar-refractivity contribution < 1.29 is 14.0 Å². The molecular weight excluding hydrogens is 356 g/mol. The molecule has 7 heteroatoms. The van der Waals surface area contributed by atoms with Crippen LogP contribution in [0.4, 0.5) is 0 Å². The van der Waals surface area contributed by atoms with Crippen molar-refractivity contribution in [1.29, 1.82) is 0 Å². The zero-order valence-corrected chi connectivity index (χ0v) is 17.6. The first kappa shape index (κ1) is 21.6. The molecule has 0 saturated heterocycles. The van der Waals surface area contributed by atoms with Gasteiger partial charge in [0.25, 0.3) is 0 Å². The average molecular weight is 389 g/mol. The normalized spacial score (nSPS) is 11.4. The largest absolute Gasteiger partial charge is 0.493 e. The Morgan fingerprint density at radius 3 is 2.57 bits per heavy atom. The summed E-state index contributed by atoms with van der Waals surface area (Å²) in [5.74, 6) is 3.14. The van der Waals surface area contributed by atoms with Crippen LogP contribution >= 0.6 is 0 Å². The Balaban J connectivity index is 2.09. The number of hydrogen-bond acceptors (Lipinski definition) is 5. The number of hydrogen-bond donors (Lipinski definition) is 2. The van der Waals surface area contributed by atoms with Gasteiger partial charge in [0.05, 0.1) is 26.0 Å². The predicted molar refractivity (Wildman–Crippen MR) is 111 cm³/mol. The molecule has 1 aromatic heterocycles. The quantitative estimate of drug-likeness (QED) is 0.479. The molecular formula is C21H32N4O3. The molecule has 0 amide bonds. The van der Waals surface area contributed by atoms with Gasteiger partial charge in [-0.3, -0.25) is 0 Å². The van der Waals surface area contributed by atoms with Crippen molar-refractivity contribution in [2.45, 2.75) is 53.6 Å². The van der Waals surface area contributed by atoms with E-state index in [0.717, 1.165) is 59.4 Å². The van der Waals surface area contributed by atoms with E-state index in [1.54, 1.807) is 7.11 Å². The first-order valence-electron chi connectivity index (χ1n) is 9.94. The number of nitrogens with one attached hydrogen (secondary N) is 2. The van der Waals surface area contributed by atoms with Crippen LogP contribution in [0.2, 0.25) is 0 Å². The predicted octanol–water partition coefficient (Wildman–Crippen LogP) is 3.46. The van der Waals surface area contributed by atoms with Crippen LogP contribution in [0, 0.1) is 0 Å². The van der Waals surface area contributed by atoms with Gasteiger partial charge in [-0.05, 0) is 38.0 Å². The summed E-state index contributed by atoms with van der Waals surface area (Å²) in [6.45, 7) is 10.7. The maximum absolute atomic E-state index is 5.57. The number of rotatable bonds is 10. The maximum atomic E-state index is 5.57. The van der Waals surface area contributed by atoms with E-state index in [9.17, 15) is 0 Å². The molecule has 0 aliphatic carbocycles. The van der Waals surface area contributed by atoms with E-state index in [2.05, 4.69) is 29.6 Å². The first-order chi connectivity index (χ1) is 13.7. The van der Waals surface area contributed by atoms with Crippen molar-refractivity contribution in [3.05, 3.63) is 40.8 Å². The minimum Gasteiger partial charge on any atom is -0.493 e. The van der Waals surface area contributed by atoms with Gasteiger partial charge in [-0.25, -0.2) is 4.99 Å². The van der Waals surface area contributed by atoms with Crippen LogP contribution in [-0.4, -0.2) is 31.4 Å². The van der Waals surface area contributed by atoms with Crippen LogP contribution in [0.25, 0.3) is 0 Å². The Kier molecular flexibility index (Phi) is 8.65. The molecule has 2 rings (SSSR count). The molecule has 7 nitrogen and oxygen atoms in total. The van der Waals surface area contributed by atoms with E-state index in [-0.39, 0.29) is 0 Å². The van der Waals surface area contributed by atoms with Gasteiger partial charge in [0.1, 0.15) is 5.76 Å². The summed E-state index contributed by atoms with van der Waals surface area (Å²) in [5, 5.41) is 10.8. The second-order valence-electron chi connectivity index (χ2n) is 6.21. The summed E-state index contributed by atoms with van der Waals surface area (Å²) in [7, 11) is 1.64. The Morgan fingerprint density at radius 2 is 1.93 bits per heavy atom. The number of ether oxygens (including phenoxy) is 2. The van der Waals surface area contributed by atoms with E-state index in [4.69, 9.17) is 19.0 Å². The van der Waals surface area contributed by atoms with E-state index >= 15 is 0 Å². The summed E-state index contributed by atoms with van der Waals surface area (Å²) in [6.07, 6.45) is 1.67. The van der Waals surface area contributed by atoms with Crippen molar-refractivity contribution in [1.82, 2.24) is 15.8 Å². The highest BCUT2D eigenvalue weighted by Crippen LogP contribution is 2.28.